The van der Waals surface area contributed by atoms with Gasteiger partial charge in [-0.25, -0.2) is 0 Å². The predicted molar refractivity (Wildman–Crippen MR) is 81.7 cm³/mol. The van der Waals surface area contributed by atoms with Gasteiger partial charge in [0.2, 0.25) is 5.91 Å². The highest BCUT2D eigenvalue weighted by molar-refractivity contribution is 7.80. The summed E-state index contributed by atoms with van der Waals surface area (Å²) in [6.07, 6.45) is 3.50. The molecule has 2 rings (SSSR count). The highest BCUT2D eigenvalue weighted by atomic mass is 35.5. The van der Waals surface area contributed by atoms with Crippen molar-refractivity contribution in [1.82, 2.24) is 0 Å². The van der Waals surface area contributed by atoms with Crippen molar-refractivity contribution < 1.29 is 4.79 Å². The molecule has 1 aliphatic rings. The number of nitrogens with two attached hydrogens (primary N) is 2. The predicted octanol–water partition coefficient (Wildman–Crippen LogP) is 2.15. The van der Waals surface area contributed by atoms with Gasteiger partial charge < -0.3 is 11.5 Å². The third kappa shape index (κ3) is 2.69. The van der Waals surface area contributed by atoms with Crippen LogP contribution in [0.4, 0.5) is 0 Å². The fraction of sp³-hybridized carbons (Fsp3) is 0.143. The van der Waals surface area contributed by atoms with Gasteiger partial charge in [-0.05, 0) is 11.1 Å². The molecule has 4 N–H and O–H groups in total. The lowest BCUT2D eigenvalue weighted by atomic mass is 9.84. The van der Waals surface area contributed by atoms with Gasteiger partial charge in [0, 0.05) is 12.0 Å². The maximum absolute atomic E-state index is 11.5. The molecular weight excluding hydrogens is 280 g/mol. The summed E-state index contributed by atoms with van der Waals surface area (Å²) in [7, 11) is 0. The summed E-state index contributed by atoms with van der Waals surface area (Å²) in [5.74, 6) is -0.583. The molecule has 0 bridgehead atoms. The minimum Gasteiger partial charge on any atom is -0.389 e. The Kier molecular flexibility index (Phi) is 3.73. The van der Waals surface area contributed by atoms with Gasteiger partial charge in [0.25, 0.3) is 0 Å². The number of hydrogen-bond donors (Lipinski definition) is 2. The molecule has 0 spiro atoms. The highest BCUT2D eigenvalue weighted by Gasteiger charge is 2.36. The number of alkyl halides is 1. The fourth-order valence-electron chi connectivity index (χ4n) is 2.02. The lowest BCUT2D eigenvalue weighted by Gasteiger charge is -2.27. The Hall–Kier alpha value is -1.65. The second-order valence-corrected chi connectivity index (χ2v) is 5.47. The summed E-state index contributed by atoms with van der Waals surface area (Å²) in [6.45, 7) is 0. The summed E-state index contributed by atoms with van der Waals surface area (Å²) >= 11 is 11.3. The van der Waals surface area contributed by atoms with Crippen molar-refractivity contribution in [2.24, 2.45) is 11.5 Å². The Labute approximate surface area is 121 Å². The van der Waals surface area contributed by atoms with Crippen molar-refractivity contribution in [3.63, 3.8) is 0 Å². The minimum absolute atomic E-state index is 0.275. The zero-order valence-electron chi connectivity index (χ0n) is 10.1. The van der Waals surface area contributed by atoms with Crippen LogP contribution < -0.4 is 11.5 Å². The van der Waals surface area contributed by atoms with E-state index in [0.717, 1.165) is 16.7 Å². The van der Waals surface area contributed by atoms with Crippen LogP contribution in [0.3, 0.4) is 0 Å². The average Bonchev–Trinajstić information content (AvgIpc) is 2.39. The number of hydrogen-bond acceptors (Lipinski definition) is 2. The molecule has 1 unspecified atom stereocenters. The first-order valence-corrected chi connectivity index (χ1v) is 6.49. The van der Waals surface area contributed by atoms with Gasteiger partial charge in [-0.3, -0.25) is 4.79 Å². The molecule has 1 amide bonds. The summed E-state index contributed by atoms with van der Waals surface area (Å²) in [5.41, 5.74) is 13.6. The van der Waals surface area contributed by atoms with Gasteiger partial charge in [0.05, 0.1) is 0 Å². The largest absolute Gasteiger partial charge is 0.389 e. The van der Waals surface area contributed by atoms with Crippen LogP contribution in [0, 0.1) is 0 Å². The van der Waals surface area contributed by atoms with E-state index in [4.69, 9.17) is 35.3 Å². The Morgan fingerprint density at radius 2 is 1.89 bits per heavy atom. The van der Waals surface area contributed by atoms with Crippen molar-refractivity contribution in [3.05, 3.63) is 53.6 Å². The lowest BCUT2D eigenvalue weighted by Crippen LogP contribution is -2.39. The smallest absolute Gasteiger partial charge is 0.242 e. The third-order valence-electron chi connectivity index (χ3n) is 3.07. The topological polar surface area (TPSA) is 69.1 Å². The van der Waals surface area contributed by atoms with Crippen LogP contribution in [0.25, 0.3) is 5.57 Å². The standard InChI is InChI=1S/C14H13ClN2OS/c15-14(13(17)18)7-6-10(12(16)19)11(8-14)9-4-2-1-3-5-9/h1-7H,8H2,(H2,16,19)(H2,17,18). The van der Waals surface area contributed by atoms with Gasteiger partial charge in [-0.1, -0.05) is 54.7 Å². The second-order valence-electron chi connectivity index (χ2n) is 4.36. The van der Waals surface area contributed by atoms with Gasteiger partial charge in [0.1, 0.15) is 9.86 Å². The van der Waals surface area contributed by atoms with Crippen molar-refractivity contribution >= 4 is 40.3 Å². The number of thiocarbonyl (C=S) groups is 1. The van der Waals surface area contributed by atoms with E-state index in [-0.39, 0.29) is 11.4 Å². The molecule has 1 aromatic rings. The summed E-state index contributed by atoms with van der Waals surface area (Å²) in [6, 6.07) is 9.55. The molecule has 1 aromatic carbocycles. The number of carbonyl (C=O) groups is 1. The first kappa shape index (κ1) is 13.8. The van der Waals surface area contributed by atoms with E-state index in [1.165, 1.54) is 0 Å². The van der Waals surface area contributed by atoms with E-state index >= 15 is 0 Å². The molecular formula is C14H13ClN2OS. The molecule has 1 atom stereocenters. The third-order valence-corrected chi connectivity index (χ3v) is 3.74. The monoisotopic (exact) mass is 292 g/mol. The molecule has 0 aliphatic heterocycles. The molecule has 0 fully saturated rings. The van der Waals surface area contributed by atoms with E-state index in [0.29, 0.717) is 0 Å². The maximum atomic E-state index is 11.5. The number of allylic oxidation sites excluding steroid dienone is 1. The molecule has 5 heteroatoms. The molecule has 19 heavy (non-hydrogen) atoms. The SMILES string of the molecule is NC(=O)C1(Cl)C=CC(C(N)=S)=C(c2ccccc2)C1. The van der Waals surface area contributed by atoms with Crippen LogP contribution in [0.2, 0.25) is 0 Å². The number of halogens is 1. The van der Waals surface area contributed by atoms with Gasteiger partial charge in [0.15, 0.2) is 0 Å². The van der Waals surface area contributed by atoms with Gasteiger partial charge in [-0.15, -0.1) is 11.6 Å². The van der Waals surface area contributed by atoms with Crippen LogP contribution >= 0.6 is 23.8 Å². The van der Waals surface area contributed by atoms with Crippen LogP contribution in [0.1, 0.15) is 12.0 Å². The molecule has 0 aromatic heterocycles. The summed E-state index contributed by atoms with van der Waals surface area (Å²) in [4.78, 5) is 10.5. The van der Waals surface area contributed by atoms with Crippen molar-refractivity contribution in [3.8, 4) is 0 Å². The van der Waals surface area contributed by atoms with Crippen molar-refractivity contribution in [2.75, 3.05) is 0 Å². The van der Waals surface area contributed by atoms with E-state index in [9.17, 15) is 4.79 Å². The van der Waals surface area contributed by atoms with Crippen molar-refractivity contribution in [2.45, 2.75) is 11.3 Å². The minimum atomic E-state index is -1.22. The number of carbonyl (C=O) groups excluding carboxylic acids is 1. The van der Waals surface area contributed by atoms with Crippen molar-refractivity contribution in [1.29, 1.82) is 0 Å². The van der Waals surface area contributed by atoms with Gasteiger partial charge in [-0.2, -0.15) is 0 Å². The van der Waals surface area contributed by atoms with Crippen LogP contribution in [-0.4, -0.2) is 15.8 Å². The van der Waals surface area contributed by atoms with Crippen LogP contribution in [0.15, 0.2) is 48.1 Å². The summed E-state index contributed by atoms with van der Waals surface area (Å²) in [5, 5.41) is 0. The molecule has 3 nitrogen and oxygen atoms in total. The van der Waals surface area contributed by atoms with E-state index < -0.39 is 10.8 Å². The molecule has 0 heterocycles. The lowest BCUT2D eigenvalue weighted by molar-refractivity contribution is -0.119. The Balaban J connectivity index is 2.54. The van der Waals surface area contributed by atoms with Crippen LogP contribution in [-0.2, 0) is 4.79 Å². The number of primary amides is 1. The first-order valence-electron chi connectivity index (χ1n) is 5.70. The summed E-state index contributed by atoms with van der Waals surface area (Å²) < 4.78 is 0. The normalized spacial score (nSPS) is 22.4. The zero-order valence-corrected chi connectivity index (χ0v) is 11.7. The quantitative estimate of drug-likeness (QED) is 0.662. The average molecular weight is 293 g/mol. The highest BCUT2D eigenvalue weighted by Crippen LogP contribution is 2.37. The first-order chi connectivity index (χ1) is 8.94. The van der Waals surface area contributed by atoms with Crippen LogP contribution in [0.5, 0.6) is 0 Å². The molecule has 0 saturated heterocycles. The number of benzene rings is 1. The zero-order chi connectivity index (χ0) is 14.0. The Morgan fingerprint density at radius 3 is 2.42 bits per heavy atom. The van der Waals surface area contributed by atoms with Gasteiger partial charge >= 0.3 is 0 Å². The fourth-order valence-corrected chi connectivity index (χ4v) is 2.41. The van der Waals surface area contributed by atoms with E-state index in [2.05, 4.69) is 0 Å². The Morgan fingerprint density at radius 1 is 1.26 bits per heavy atom. The van der Waals surface area contributed by atoms with E-state index in [1.807, 2.05) is 30.3 Å². The molecule has 1 aliphatic carbocycles. The second kappa shape index (κ2) is 5.15. The Bertz CT molecular complexity index is 595. The number of amides is 1. The molecule has 98 valence electrons. The van der Waals surface area contributed by atoms with E-state index in [1.54, 1.807) is 12.2 Å². The number of rotatable bonds is 3. The molecule has 0 saturated carbocycles. The molecule has 0 radical (unpaired) electrons. The maximum Gasteiger partial charge on any atom is 0.242 e.